The minimum Gasteiger partial charge on any atom is -0.339 e. The lowest BCUT2D eigenvalue weighted by Gasteiger charge is -2.41. The van der Waals surface area contributed by atoms with E-state index in [0.717, 1.165) is 18.0 Å². The van der Waals surface area contributed by atoms with Crippen LogP contribution >= 0.6 is 11.3 Å². The molecule has 2 fully saturated rings. The predicted octanol–water partition coefficient (Wildman–Crippen LogP) is 3.19. The molecular weight excluding hydrogens is 340 g/mol. The number of piperidine rings is 1. The molecule has 0 spiro atoms. The number of amides is 1. The van der Waals surface area contributed by atoms with Gasteiger partial charge in [-0.05, 0) is 49.1 Å². The molecule has 0 radical (unpaired) electrons. The van der Waals surface area contributed by atoms with Gasteiger partial charge in [0.05, 0.1) is 18.6 Å². The molecule has 138 valence electrons. The quantitative estimate of drug-likeness (QED) is 0.834. The number of hydrogen-bond donors (Lipinski definition) is 2. The number of rotatable bonds is 5. The minimum atomic E-state index is -0.0324. The summed E-state index contributed by atoms with van der Waals surface area (Å²) in [4.78, 5) is 15.7. The van der Waals surface area contributed by atoms with Crippen molar-refractivity contribution < 1.29 is 9.69 Å². The lowest BCUT2D eigenvalue weighted by atomic mass is 9.78. The third-order valence-corrected chi connectivity index (χ3v) is 7.10. The third-order valence-electron chi connectivity index (χ3n) is 6.16. The van der Waals surface area contributed by atoms with Gasteiger partial charge in [0.2, 0.25) is 0 Å². The number of benzene rings is 1. The van der Waals surface area contributed by atoms with E-state index >= 15 is 0 Å². The summed E-state index contributed by atoms with van der Waals surface area (Å²) in [5.74, 6) is 1.04. The zero-order chi connectivity index (χ0) is 17.8. The first-order chi connectivity index (χ1) is 12.8. The van der Waals surface area contributed by atoms with Gasteiger partial charge in [-0.3, -0.25) is 4.79 Å². The van der Waals surface area contributed by atoms with Crippen molar-refractivity contribution in [2.75, 3.05) is 13.1 Å². The smallest absolute Gasteiger partial charge is 0.275 e. The van der Waals surface area contributed by atoms with Crippen LogP contribution in [0.4, 0.5) is 0 Å². The molecule has 2 aliphatic rings. The summed E-state index contributed by atoms with van der Waals surface area (Å²) in [7, 11) is 0. The second kappa shape index (κ2) is 8.36. The van der Waals surface area contributed by atoms with Crippen LogP contribution in [0, 0.1) is 5.92 Å². The van der Waals surface area contributed by atoms with Crippen molar-refractivity contribution in [1.29, 1.82) is 0 Å². The summed E-state index contributed by atoms with van der Waals surface area (Å²) in [5.41, 5.74) is 1.16. The molecule has 1 unspecified atom stereocenters. The van der Waals surface area contributed by atoms with Crippen LogP contribution in [-0.2, 0) is 4.79 Å². The molecule has 1 aromatic carbocycles. The molecule has 2 N–H and O–H groups in total. The first-order valence-corrected chi connectivity index (χ1v) is 10.9. The molecule has 1 aliphatic carbocycles. The Morgan fingerprint density at radius 1 is 1.08 bits per heavy atom. The van der Waals surface area contributed by atoms with Crippen LogP contribution in [-0.4, -0.2) is 25.0 Å². The highest BCUT2D eigenvalue weighted by Crippen LogP contribution is 2.28. The summed E-state index contributed by atoms with van der Waals surface area (Å²) in [6, 6.07) is 15.2. The number of carbonyl (C=O) groups excluding carboxylic acids is 1. The van der Waals surface area contributed by atoms with E-state index in [1.807, 2.05) is 18.2 Å². The number of likely N-dealkylation sites (tertiary alicyclic amines) is 1. The van der Waals surface area contributed by atoms with Gasteiger partial charge in [0.15, 0.2) is 6.54 Å². The van der Waals surface area contributed by atoms with Gasteiger partial charge in [-0.15, -0.1) is 11.3 Å². The van der Waals surface area contributed by atoms with E-state index < -0.39 is 0 Å². The second-order valence-electron chi connectivity index (χ2n) is 7.80. The Labute approximate surface area is 160 Å². The van der Waals surface area contributed by atoms with E-state index in [2.05, 4.69) is 35.0 Å². The maximum absolute atomic E-state index is 12.9. The Morgan fingerprint density at radius 2 is 1.88 bits per heavy atom. The van der Waals surface area contributed by atoms with E-state index in [1.165, 1.54) is 48.3 Å². The van der Waals surface area contributed by atoms with Gasteiger partial charge in [0, 0.05) is 10.8 Å². The number of fused-ring (bicyclic) bond motifs is 1. The van der Waals surface area contributed by atoms with Gasteiger partial charge >= 0.3 is 0 Å². The van der Waals surface area contributed by atoms with E-state index in [9.17, 15) is 4.79 Å². The minimum absolute atomic E-state index is 0.0324. The van der Waals surface area contributed by atoms with Gasteiger partial charge < -0.3 is 10.2 Å². The Morgan fingerprint density at radius 3 is 2.69 bits per heavy atom. The molecule has 4 heteroatoms. The highest BCUT2D eigenvalue weighted by atomic mass is 32.1. The standard InChI is InChI=1S/C22H28N2OS/c25-21(16-24-14-6-11-17-8-4-5-12-19(17)24)23-22(20-13-7-15-26-20)18-9-2-1-3-10-18/h1-3,7,9-10,13,15,17,19,22H,4-6,8,11-12,14,16H2,(H,23,25)/p+1/t17-,19+,22-/m1/s1. The highest BCUT2D eigenvalue weighted by molar-refractivity contribution is 7.10. The summed E-state index contributed by atoms with van der Waals surface area (Å²) >= 11 is 1.71. The van der Waals surface area contributed by atoms with Crippen LogP contribution in [0.3, 0.4) is 0 Å². The van der Waals surface area contributed by atoms with Crippen molar-refractivity contribution >= 4 is 17.2 Å². The second-order valence-corrected chi connectivity index (χ2v) is 8.78. The number of nitrogens with one attached hydrogen (secondary N) is 2. The monoisotopic (exact) mass is 369 g/mol. The molecule has 3 nitrogen and oxygen atoms in total. The lowest BCUT2D eigenvalue weighted by Crippen LogP contribution is -3.18. The van der Waals surface area contributed by atoms with E-state index in [4.69, 9.17) is 0 Å². The number of thiophene rings is 1. The first kappa shape index (κ1) is 17.7. The van der Waals surface area contributed by atoms with Crippen molar-refractivity contribution in [2.24, 2.45) is 5.92 Å². The Kier molecular flexibility index (Phi) is 5.71. The Bertz CT molecular complexity index is 698. The van der Waals surface area contributed by atoms with Crippen molar-refractivity contribution in [1.82, 2.24) is 5.32 Å². The molecule has 1 aromatic heterocycles. The SMILES string of the molecule is O=C(C[NH+]1CCC[C@H]2CCCC[C@@H]21)N[C@H](c1ccccc1)c1cccs1. The fraction of sp³-hybridized carbons (Fsp3) is 0.500. The summed E-state index contributed by atoms with van der Waals surface area (Å²) < 4.78 is 0. The zero-order valence-electron chi connectivity index (χ0n) is 15.3. The lowest BCUT2D eigenvalue weighted by molar-refractivity contribution is -0.928. The van der Waals surface area contributed by atoms with Crippen molar-refractivity contribution in [2.45, 2.75) is 50.6 Å². The average molecular weight is 370 g/mol. The van der Waals surface area contributed by atoms with Crippen LogP contribution in [0.25, 0.3) is 0 Å². The highest BCUT2D eigenvalue weighted by Gasteiger charge is 2.37. The van der Waals surface area contributed by atoms with E-state index in [0.29, 0.717) is 12.6 Å². The van der Waals surface area contributed by atoms with Crippen molar-refractivity contribution in [3.63, 3.8) is 0 Å². The van der Waals surface area contributed by atoms with Crippen LogP contribution in [0.15, 0.2) is 47.8 Å². The van der Waals surface area contributed by atoms with Crippen LogP contribution in [0.1, 0.15) is 55.0 Å². The van der Waals surface area contributed by atoms with Gasteiger partial charge in [-0.1, -0.05) is 42.8 Å². The van der Waals surface area contributed by atoms with Gasteiger partial charge in [-0.25, -0.2) is 0 Å². The van der Waals surface area contributed by atoms with Crippen LogP contribution in [0.2, 0.25) is 0 Å². The summed E-state index contributed by atoms with van der Waals surface area (Å²) in [5, 5.41) is 5.41. The molecule has 2 aromatic rings. The molecular formula is C22H29N2OS+. The van der Waals surface area contributed by atoms with E-state index in [1.54, 1.807) is 11.3 Å². The summed E-state index contributed by atoms with van der Waals surface area (Å²) in [6.45, 7) is 1.78. The number of quaternary nitrogens is 1. The maximum Gasteiger partial charge on any atom is 0.275 e. The van der Waals surface area contributed by atoms with Crippen LogP contribution in [0.5, 0.6) is 0 Å². The molecule has 4 rings (SSSR count). The fourth-order valence-electron chi connectivity index (χ4n) is 4.92. The molecule has 4 atom stereocenters. The molecule has 0 bridgehead atoms. The topological polar surface area (TPSA) is 33.5 Å². The number of carbonyl (C=O) groups is 1. The average Bonchev–Trinajstić information content (AvgIpc) is 3.22. The maximum atomic E-state index is 12.9. The first-order valence-electron chi connectivity index (χ1n) is 10.0. The zero-order valence-corrected chi connectivity index (χ0v) is 16.1. The molecule has 1 aliphatic heterocycles. The van der Waals surface area contributed by atoms with Gasteiger partial charge in [-0.2, -0.15) is 0 Å². The van der Waals surface area contributed by atoms with E-state index in [-0.39, 0.29) is 11.9 Å². The summed E-state index contributed by atoms with van der Waals surface area (Å²) in [6.07, 6.45) is 8.05. The molecule has 1 saturated heterocycles. The number of hydrogen-bond acceptors (Lipinski definition) is 2. The Hall–Kier alpha value is -1.65. The van der Waals surface area contributed by atoms with Crippen molar-refractivity contribution in [3.05, 3.63) is 58.3 Å². The third kappa shape index (κ3) is 4.02. The molecule has 2 heterocycles. The van der Waals surface area contributed by atoms with Crippen molar-refractivity contribution in [3.8, 4) is 0 Å². The fourth-order valence-corrected chi connectivity index (χ4v) is 5.73. The molecule has 26 heavy (non-hydrogen) atoms. The molecule has 1 saturated carbocycles. The van der Waals surface area contributed by atoms with Gasteiger partial charge in [0.1, 0.15) is 0 Å². The normalized spacial score (nSPS) is 26.7. The predicted molar refractivity (Wildman–Crippen MR) is 106 cm³/mol. The van der Waals surface area contributed by atoms with Crippen LogP contribution < -0.4 is 10.2 Å². The largest absolute Gasteiger partial charge is 0.339 e. The van der Waals surface area contributed by atoms with Gasteiger partial charge in [0.25, 0.3) is 5.91 Å². The molecule has 1 amide bonds. The Balaban J connectivity index is 1.45.